The SMILES string of the molecule is Cc1cc(NC(=O)CSc2nnc(NCCc3cccs3)s2)no1. The van der Waals surface area contributed by atoms with E-state index < -0.39 is 0 Å². The Morgan fingerprint density at radius 1 is 1.42 bits per heavy atom. The highest BCUT2D eigenvalue weighted by Crippen LogP contribution is 2.25. The Hall–Kier alpha value is -1.91. The molecule has 10 heteroatoms. The Labute approximate surface area is 150 Å². The maximum absolute atomic E-state index is 11.8. The maximum atomic E-state index is 11.8. The summed E-state index contributed by atoms with van der Waals surface area (Å²) in [5.74, 6) is 1.16. The van der Waals surface area contributed by atoms with E-state index in [1.165, 1.54) is 28.0 Å². The molecule has 0 bridgehead atoms. The van der Waals surface area contributed by atoms with Crippen LogP contribution in [0.2, 0.25) is 0 Å². The molecule has 0 saturated heterocycles. The predicted molar refractivity (Wildman–Crippen MR) is 97.0 cm³/mol. The van der Waals surface area contributed by atoms with Gasteiger partial charge in [-0.25, -0.2) is 0 Å². The lowest BCUT2D eigenvalue weighted by Crippen LogP contribution is -2.14. The molecule has 7 nitrogen and oxygen atoms in total. The zero-order valence-electron chi connectivity index (χ0n) is 12.8. The summed E-state index contributed by atoms with van der Waals surface area (Å²) in [6, 6.07) is 5.83. The summed E-state index contributed by atoms with van der Waals surface area (Å²) in [4.78, 5) is 13.2. The lowest BCUT2D eigenvalue weighted by molar-refractivity contribution is -0.113. The molecule has 0 unspecified atom stereocenters. The van der Waals surface area contributed by atoms with Gasteiger partial charge in [0.25, 0.3) is 0 Å². The van der Waals surface area contributed by atoms with Crippen LogP contribution >= 0.6 is 34.4 Å². The van der Waals surface area contributed by atoms with Crippen LogP contribution in [-0.2, 0) is 11.2 Å². The molecule has 3 rings (SSSR count). The van der Waals surface area contributed by atoms with E-state index in [0.717, 1.165) is 22.4 Å². The van der Waals surface area contributed by atoms with Crippen molar-refractivity contribution in [2.45, 2.75) is 17.7 Å². The summed E-state index contributed by atoms with van der Waals surface area (Å²) >= 11 is 4.53. The number of nitrogens with zero attached hydrogens (tertiary/aromatic N) is 3. The van der Waals surface area contributed by atoms with Gasteiger partial charge < -0.3 is 15.2 Å². The zero-order chi connectivity index (χ0) is 16.8. The molecule has 24 heavy (non-hydrogen) atoms. The van der Waals surface area contributed by atoms with Crippen molar-refractivity contribution in [1.29, 1.82) is 0 Å². The van der Waals surface area contributed by atoms with Gasteiger partial charge in [0.2, 0.25) is 11.0 Å². The Kier molecular flexibility index (Phi) is 5.83. The Morgan fingerprint density at radius 3 is 3.08 bits per heavy atom. The number of thiophene rings is 1. The van der Waals surface area contributed by atoms with Crippen LogP contribution in [0.3, 0.4) is 0 Å². The number of aromatic nitrogens is 3. The molecule has 0 aliphatic carbocycles. The van der Waals surface area contributed by atoms with Gasteiger partial charge >= 0.3 is 0 Å². The van der Waals surface area contributed by atoms with Crippen molar-refractivity contribution in [3.05, 3.63) is 34.2 Å². The highest BCUT2D eigenvalue weighted by molar-refractivity contribution is 8.01. The van der Waals surface area contributed by atoms with E-state index in [1.54, 1.807) is 24.3 Å². The van der Waals surface area contributed by atoms with Crippen molar-refractivity contribution >= 4 is 51.3 Å². The van der Waals surface area contributed by atoms with Gasteiger partial charge in [0.05, 0.1) is 5.75 Å². The number of amides is 1. The molecule has 0 aromatic carbocycles. The van der Waals surface area contributed by atoms with Crippen LogP contribution in [-0.4, -0.2) is 33.6 Å². The van der Waals surface area contributed by atoms with Crippen molar-refractivity contribution < 1.29 is 9.32 Å². The van der Waals surface area contributed by atoms with Crippen LogP contribution < -0.4 is 10.6 Å². The third-order valence-electron chi connectivity index (χ3n) is 2.86. The first-order valence-electron chi connectivity index (χ1n) is 7.15. The van der Waals surface area contributed by atoms with Gasteiger partial charge in [-0.1, -0.05) is 34.3 Å². The van der Waals surface area contributed by atoms with Gasteiger partial charge in [0, 0.05) is 17.5 Å². The molecule has 0 radical (unpaired) electrons. The molecule has 0 aliphatic rings. The van der Waals surface area contributed by atoms with E-state index in [4.69, 9.17) is 4.52 Å². The summed E-state index contributed by atoms with van der Waals surface area (Å²) in [5, 5.41) is 20.6. The van der Waals surface area contributed by atoms with E-state index in [-0.39, 0.29) is 11.7 Å². The second-order valence-corrected chi connectivity index (χ2v) is 8.02. The largest absolute Gasteiger partial charge is 0.360 e. The Bertz CT molecular complexity index is 784. The molecular formula is C14H15N5O2S3. The summed E-state index contributed by atoms with van der Waals surface area (Å²) in [6.07, 6.45) is 0.958. The molecule has 3 aromatic heterocycles. The van der Waals surface area contributed by atoms with E-state index in [0.29, 0.717) is 11.6 Å². The third kappa shape index (κ3) is 5.05. The Morgan fingerprint density at radius 2 is 2.33 bits per heavy atom. The summed E-state index contributed by atoms with van der Waals surface area (Å²) in [7, 11) is 0. The highest BCUT2D eigenvalue weighted by atomic mass is 32.2. The maximum Gasteiger partial charge on any atom is 0.236 e. The van der Waals surface area contributed by atoms with Crippen molar-refractivity contribution in [3.63, 3.8) is 0 Å². The molecule has 2 N–H and O–H groups in total. The highest BCUT2D eigenvalue weighted by Gasteiger charge is 2.10. The number of nitrogens with one attached hydrogen (secondary N) is 2. The summed E-state index contributed by atoms with van der Waals surface area (Å²) in [6.45, 7) is 2.58. The Balaban J connectivity index is 1.39. The second kappa shape index (κ2) is 8.27. The number of hydrogen-bond donors (Lipinski definition) is 2. The number of aryl methyl sites for hydroxylation is 1. The minimum absolute atomic E-state index is 0.157. The fourth-order valence-electron chi connectivity index (χ4n) is 1.82. The summed E-state index contributed by atoms with van der Waals surface area (Å²) < 4.78 is 5.65. The summed E-state index contributed by atoms with van der Waals surface area (Å²) in [5.41, 5.74) is 0. The fourth-order valence-corrected chi connectivity index (χ4v) is 4.11. The van der Waals surface area contributed by atoms with Crippen molar-refractivity contribution in [1.82, 2.24) is 15.4 Å². The van der Waals surface area contributed by atoms with Gasteiger partial charge in [-0.2, -0.15) is 0 Å². The van der Waals surface area contributed by atoms with E-state index >= 15 is 0 Å². The van der Waals surface area contributed by atoms with Crippen LogP contribution in [0, 0.1) is 6.92 Å². The first-order chi connectivity index (χ1) is 11.7. The van der Waals surface area contributed by atoms with Crippen LogP contribution in [0.25, 0.3) is 0 Å². The predicted octanol–water partition coefficient (Wildman–Crippen LogP) is 3.28. The molecule has 3 aromatic rings. The van der Waals surface area contributed by atoms with Gasteiger partial charge in [-0.15, -0.1) is 21.5 Å². The van der Waals surface area contributed by atoms with Gasteiger partial charge in [-0.05, 0) is 24.8 Å². The quantitative estimate of drug-likeness (QED) is 0.578. The van der Waals surface area contributed by atoms with Crippen LogP contribution in [0.4, 0.5) is 10.9 Å². The number of carbonyl (C=O) groups excluding carboxylic acids is 1. The third-order valence-corrected chi connectivity index (χ3v) is 5.81. The number of anilines is 2. The molecular weight excluding hydrogens is 366 g/mol. The smallest absolute Gasteiger partial charge is 0.236 e. The molecule has 0 atom stereocenters. The lowest BCUT2D eigenvalue weighted by atomic mass is 10.3. The van der Waals surface area contributed by atoms with Crippen molar-refractivity contribution in [3.8, 4) is 0 Å². The van der Waals surface area contributed by atoms with Gasteiger partial charge in [0.1, 0.15) is 5.76 Å². The van der Waals surface area contributed by atoms with Crippen LogP contribution in [0.15, 0.2) is 32.4 Å². The van der Waals surface area contributed by atoms with Gasteiger partial charge in [-0.3, -0.25) is 4.79 Å². The molecule has 3 heterocycles. The van der Waals surface area contributed by atoms with E-state index in [9.17, 15) is 4.79 Å². The van der Waals surface area contributed by atoms with Crippen LogP contribution in [0.5, 0.6) is 0 Å². The molecule has 0 fully saturated rings. The topological polar surface area (TPSA) is 92.9 Å². The average Bonchev–Trinajstić information content (AvgIpc) is 3.28. The minimum Gasteiger partial charge on any atom is -0.360 e. The molecule has 0 spiro atoms. The molecule has 0 saturated carbocycles. The van der Waals surface area contributed by atoms with E-state index in [1.807, 2.05) is 6.07 Å². The number of thioether (sulfide) groups is 1. The monoisotopic (exact) mass is 381 g/mol. The van der Waals surface area contributed by atoms with Gasteiger partial charge in [0.15, 0.2) is 10.2 Å². The first-order valence-corrected chi connectivity index (χ1v) is 9.83. The first kappa shape index (κ1) is 16.9. The van der Waals surface area contributed by atoms with E-state index in [2.05, 4.69) is 37.4 Å². The molecule has 0 aliphatic heterocycles. The normalized spacial score (nSPS) is 10.7. The molecule has 126 valence electrons. The fraction of sp³-hybridized carbons (Fsp3) is 0.286. The number of rotatable bonds is 8. The lowest BCUT2D eigenvalue weighted by Gasteiger charge is -1.99. The average molecular weight is 382 g/mol. The molecule has 1 amide bonds. The zero-order valence-corrected chi connectivity index (χ0v) is 15.3. The standard InChI is InChI=1S/C14H15N5O2S3/c1-9-7-11(19-21-9)16-12(20)8-23-14-18-17-13(24-14)15-5-4-10-3-2-6-22-10/h2-3,6-7H,4-5,8H2,1H3,(H,15,17)(H,16,19,20). The number of carbonyl (C=O) groups is 1. The number of hydrogen-bond acceptors (Lipinski definition) is 9. The minimum atomic E-state index is -0.157. The second-order valence-electron chi connectivity index (χ2n) is 4.79. The van der Waals surface area contributed by atoms with Crippen molar-refractivity contribution in [2.75, 3.05) is 22.9 Å². The van der Waals surface area contributed by atoms with Crippen LogP contribution in [0.1, 0.15) is 10.6 Å². The van der Waals surface area contributed by atoms with Crippen molar-refractivity contribution in [2.24, 2.45) is 0 Å².